The van der Waals surface area contributed by atoms with Crippen molar-refractivity contribution in [3.8, 4) is 0 Å². The Morgan fingerprint density at radius 2 is 2.06 bits per heavy atom. The normalized spacial score (nSPS) is 13.3. The molecule has 0 aliphatic heterocycles. The third-order valence-corrected chi connectivity index (χ3v) is 5.26. The molecule has 0 unspecified atom stereocenters. The molecule has 0 aliphatic carbocycles. The topological polar surface area (TPSA) is 64.0 Å². The molecule has 1 heterocycles. The Kier molecular flexibility index (Phi) is 4.46. The van der Waals surface area contributed by atoms with Crippen LogP contribution in [0, 0.1) is 11.3 Å². The van der Waals surface area contributed by atoms with Gasteiger partial charge in [-0.05, 0) is 11.3 Å². The van der Waals surface area contributed by atoms with Crippen LogP contribution < -0.4 is 4.72 Å². The highest BCUT2D eigenvalue weighted by atomic mass is 35.5. The molecule has 5 nitrogen and oxygen atoms in total. The molecule has 0 aromatic carbocycles. The molecule has 1 N–H and O–H groups in total. The molecule has 7 heteroatoms. The summed E-state index contributed by atoms with van der Waals surface area (Å²) in [6, 6.07) is 0. The number of aryl methyl sites for hydroxylation is 1. The lowest BCUT2D eigenvalue weighted by atomic mass is 9.81. The van der Waals surface area contributed by atoms with Crippen molar-refractivity contribution in [2.75, 3.05) is 6.54 Å². The molecule has 18 heavy (non-hydrogen) atoms. The lowest BCUT2D eigenvalue weighted by Gasteiger charge is -2.29. The van der Waals surface area contributed by atoms with E-state index in [1.165, 1.54) is 10.9 Å². The van der Waals surface area contributed by atoms with E-state index in [9.17, 15) is 8.42 Å². The zero-order valence-electron chi connectivity index (χ0n) is 11.4. The molecule has 1 aromatic rings. The first-order valence-corrected chi connectivity index (χ1v) is 7.60. The summed E-state index contributed by atoms with van der Waals surface area (Å²) in [6.07, 6.45) is 1.38. The van der Waals surface area contributed by atoms with Crippen LogP contribution in [0.25, 0.3) is 0 Å². The quantitative estimate of drug-likeness (QED) is 0.903. The third kappa shape index (κ3) is 3.24. The van der Waals surface area contributed by atoms with Crippen LogP contribution in [0.3, 0.4) is 0 Å². The summed E-state index contributed by atoms with van der Waals surface area (Å²) in [5, 5.41) is -0.00363. The van der Waals surface area contributed by atoms with Crippen LogP contribution in [-0.4, -0.2) is 24.5 Å². The fourth-order valence-electron chi connectivity index (χ4n) is 1.13. The summed E-state index contributed by atoms with van der Waals surface area (Å²) in [6.45, 7) is 8.49. The Bertz CT molecular complexity index is 520. The SMILES string of the molecule is CC(C)C(C)(C)CNS(=O)(=O)c1ncn(C)c1Cl. The molecule has 1 rings (SSSR count). The summed E-state index contributed by atoms with van der Waals surface area (Å²) >= 11 is 5.89. The maximum absolute atomic E-state index is 12.1. The molecule has 104 valence electrons. The molecule has 1 aromatic heterocycles. The summed E-state index contributed by atoms with van der Waals surface area (Å²) in [5.74, 6) is 0.361. The predicted molar refractivity (Wildman–Crippen MR) is 72.0 cm³/mol. The Hall–Kier alpha value is -0.590. The maximum Gasteiger partial charge on any atom is 0.261 e. The van der Waals surface area contributed by atoms with Crippen molar-refractivity contribution in [1.82, 2.24) is 14.3 Å². The van der Waals surface area contributed by atoms with E-state index >= 15 is 0 Å². The number of halogens is 1. The Labute approximate surface area is 114 Å². The molecule has 0 aliphatic rings. The minimum atomic E-state index is -3.65. The van der Waals surface area contributed by atoms with Crippen LogP contribution in [0.2, 0.25) is 5.15 Å². The van der Waals surface area contributed by atoms with Gasteiger partial charge in [0.25, 0.3) is 10.0 Å². The molecule has 0 saturated carbocycles. The van der Waals surface area contributed by atoms with Gasteiger partial charge in [0.2, 0.25) is 5.03 Å². The highest BCUT2D eigenvalue weighted by Crippen LogP contribution is 2.26. The summed E-state index contributed by atoms with van der Waals surface area (Å²) in [4.78, 5) is 3.81. The molecule has 0 saturated heterocycles. The standard InChI is InChI=1S/C11H20ClN3O2S/c1-8(2)11(3,4)6-14-18(16,17)10-9(12)15(5)7-13-10/h7-8,14H,6H2,1-5H3. The van der Waals surface area contributed by atoms with Gasteiger partial charge in [0.15, 0.2) is 0 Å². The molecule has 0 amide bonds. The molecule has 0 spiro atoms. The average molecular weight is 294 g/mol. The second-order valence-corrected chi connectivity index (χ2v) is 7.46. The molecule has 0 atom stereocenters. The molecule has 0 radical (unpaired) electrons. The Morgan fingerprint density at radius 3 is 2.44 bits per heavy atom. The number of aromatic nitrogens is 2. The van der Waals surface area contributed by atoms with Crippen molar-refractivity contribution in [2.24, 2.45) is 18.4 Å². The van der Waals surface area contributed by atoms with Crippen LogP contribution in [-0.2, 0) is 17.1 Å². The van der Waals surface area contributed by atoms with Crippen LogP contribution >= 0.6 is 11.6 Å². The number of hydrogen-bond donors (Lipinski definition) is 1. The van der Waals surface area contributed by atoms with E-state index in [0.29, 0.717) is 12.5 Å². The van der Waals surface area contributed by atoms with E-state index < -0.39 is 10.0 Å². The van der Waals surface area contributed by atoms with Crippen LogP contribution in [0.1, 0.15) is 27.7 Å². The van der Waals surface area contributed by atoms with Crippen molar-refractivity contribution < 1.29 is 8.42 Å². The number of imidazole rings is 1. The van der Waals surface area contributed by atoms with Crippen molar-refractivity contribution in [1.29, 1.82) is 0 Å². The predicted octanol–water partition coefficient (Wildman–Crippen LogP) is 2.03. The molecular weight excluding hydrogens is 274 g/mol. The second kappa shape index (κ2) is 5.19. The average Bonchev–Trinajstić information content (AvgIpc) is 2.58. The highest BCUT2D eigenvalue weighted by molar-refractivity contribution is 7.89. The van der Waals surface area contributed by atoms with E-state index in [1.54, 1.807) is 7.05 Å². The van der Waals surface area contributed by atoms with Crippen molar-refractivity contribution in [3.63, 3.8) is 0 Å². The molecular formula is C11H20ClN3O2S. The largest absolute Gasteiger partial charge is 0.324 e. The summed E-state index contributed by atoms with van der Waals surface area (Å²) in [5.41, 5.74) is -0.131. The number of nitrogens with one attached hydrogen (secondary N) is 1. The summed E-state index contributed by atoms with van der Waals surface area (Å²) < 4.78 is 28.2. The van der Waals surface area contributed by atoms with E-state index in [2.05, 4.69) is 23.6 Å². The zero-order chi connectivity index (χ0) is 14.1. The van der Waals surface area contributed by atoms with E-state index in [-0.39, 0.29) is 15.6 Å². The van der Waals surface area contributed by atoms with Gasteiger partial charge < -0.3 is 4.57 Å². The Balaban J connectivity index is 2.88. The van der Waals surface area contributed by atoms with Crippen LogP contribution in [0.4, 0.5) is 0 Å². The van der Waals surface area contributed by atoms with Crippen molar-refractivity contribution in [3.05, 3.63) is 11.5 Å². The van der Waals surface area contributed by atoms with E-state index in [0.717, 1.165) is 0 Å². The van der Waals surface area contributed by atoms with Crippen molar-refractivity contribution >= 4 is 21.6 Å². The lowest BCUT2D eigenvalue weighted by molar-refractivity contribution is 0.252. The number of hydrogen-bond acceptors (Lipinski definition) is 3. The van der Waals surface area contributed by atoms with E-state index in [4.69, 9.17) is 11.6 Å². The van der Waals surface area contributed by atoms with Gasteiger partial charge in [-0.25, -0.2) is 18.1 Å². The number of sulfonamides is 1. The summed E-state index contributed by atoms with van der Waals surface area (Å²) in [7, 11) is -2.01. The highest BCUT2D eigenvalue weighted by Gasteiger charge is 2.28. The second-order valence-electron chi connectivity index (χ2n) is 5.42. The molecule has 0 fully saturated rings. The third-order valence-electron chi connectivity index (χ3n) is 3.37. The van der Waals surface area contributed by atoms with Gasteiger partial charge in [-0.15, -0.1) is 0 Å². The zero-order valence-corrected chi connectivity index (χ0v) is 12.9. The fraction of sp³-hybridized carbons (Fsp3) is 0.727. The smallest absolute Gasteiger partial charge is 0.261 e. The lowest BCUT2D eigenvalue weighted by Crippen LogP contribution is -2.37. The van der Waals surface area contributed by atoms with Gasteiger partial charge in [-0.1, -0.05) is 39.3 Å². The van der Waals surface area contributed by atoms with Gasteiger partial charge >= 0.3 is 0 Å². The molecule has 0 bridgehead atoms. The number of nitrogens with zero attached hydrogens (tertiary/aromatic N) is 2. The van der Waals surface area contributed by atoms with E-state index in [1.807, 2.05) is 13.8 Å². The minimum Gasteiger partial charge on any atom is -0.324 e. The van der Waals surface area contributed by atoms with Crippen molar-refractivity contribution in [2.45, 2.75) is 32.7 Å². The van der Waals surface area contributed by atoms with Gasteiger partial charge in [0.05, 0.1) is 6.33 Å². The minimum absolute atomic E-state index is 0.116. The first-order chi connectivity index (χ1) is 8.08. The monoisotopic (exact) mass is 293 g/mol. The van der Waals surface area contributed by atoms with Crippen LogP contribution in [0.5, 0.6) is 0 Å². The first kappa shape index (κ1) is 15.5. The van der Waals surface area contributed by atoms with Gasteiger partial charge in [-0.3, -0.25) is 0 Å². The maximum atomic E-state index is 12.1. The Morgan fingerprint density at radius 1 is 1.50 bits per heavy atom. The first-order valence-electron chi connectivity index (χ1n) is 5.74. The van der Waals surface area contributed by atoms with Gasteiger partial charge in [0, 0.05) is 13.6 Å². The van der Waals surface area contributed by atoms with Crippen LogP contribution in [0.15, 0.2) is 11.4 Å². The number of rotatable bonds is 5. The van der Waals surface area contributed by atoms with Gasteiger partial charge in [-0.2, -0.15) is 0 Å². The van der Waals surface area contributed by atoms with Gasteiger partial charge in [0.1, 0.15) is 5.15 Å². The fourth-order valence-corrected chi connectivity index (χ4v) is 2.78.